The highest BCUT2D eigenvalue weighted by Gasteiger charge is 2.34. The molecule has 26 heavy (non-hydrogen) atoms. The molecule has 0 radical (unpaired) electrons. The van der Waals surface area contributed by atoms with E-state index in [9.17, 15) is 5.11 Å². The third-order valence-corrected chi connectivity index (χ3v) is 5.69. The SMILES string of the molecule is Cc1[nH]cnc1CN1CC[C@@H](N2CCN(c3ccccn3)CC2)[C@H](O)C1. The van der Waals surface area contributed by atoms with Gasteiger partial charge in [-0.2, -0.15) is 0 Å². The van der Waals surface area contributed by atoms with Crippen LogP contribution in [0.2, 0.25) is 0 Å². The molecular formula is C19H28N6O. The van der Waals surface area contributed by atoms with Crippen molar-refractivity contribution in [1.82, 2.24) is 24.8 Å². The first-order valence-corrected chi connectivity index (χ1v) is 9.50. The maximum absolute atomic E-state index is 10.7. The van der Waals surface area contributed by atoms with Crippen molar-refractivity contribution < 1.29 is 5.11 Å². The highest BCUT2D eigenvalue weighted by molar-refractivity contribution is 5.38. The average molecular weight is 356 g/mol. The molecule has 0 unspecified atom stereocenters. The van der Waals surface area contributed by atoms with Crippen LogP contribution in [0.15, 0.2) is 30.7 Å². The molecular weight excluding hydrogens is 328 g/mol. The van der Waals surface area contributed by atoms with Gasteiger partial charge in [-0.05, 0) is 25.5 Å². The molecule has 2 saturated heterocycles. The number of aromatic amines is 1. The summed E-state index contributed by atoms with van der Waals surface area (Å²) in [6.07, 6.45) is 4.30. The zero-order valence-electron chi connectivity index (χ0n) is 15.4. The number of H-pyrrole nitrogens is 1. The zero-order chi connectivity index (χ0) is 17.9. The molecule has 2 aliphatic rings. The Morgan fingerprint density at radius 2 is 2.00 bits per heavy atom. The topological polar surface area (TPSA) is 71.5 Å². The number of hydrogen-bond donors (Lipinski definition) is 2. The number of aromatic nitrogens is 3. The van der Waals surface area contributed by atoms with E-state index in [0.29, 0.717) is 0 Å². The summed E-state index contributed by atoms with van der Waals surface area (Å²) >= 11 is 0. The standard InChI is InChI=1S/C19H28N6O/c1-15-16(22-14-21-15)12-23-7-5-17(18(26)13-23)24-8-10-25(11-9-24)19-4-2-3-6-20-19/h2-4,6,14,17-18,26H,5,7-13H2,1H3,(H,21,22)/t17-,18-/m1/s1. The van der Waals surface area contributed by atoms with Gasteiger partial charge in [0.2, 0.25) is 0 Å². The number of rotatable bonds is 4. The summed E-state index contributed by atoms with van der Waals surface area (Å²) in [5.41, 5.74) is 2.20. The lowest BCUT2D eigenvalue weighted by Gasteiger charge is -2.45. The fourth-order valence-corrected chi connectivity index (χ4v) is 4.14. The van der Waals surface area contributed by atoms with Gasteiger partial charge < -0.3 is 15.0 Å². The first-order valence-electron chi connectivity index (χ1n) is 9.50. The number of pyridine rings is 1. The van der Waals surface area contributed by atoms with Crippen LogP contribution in [0.4, 0.5) is 5.82 Å². The number of aliphatic hydroxyl groups excluding tert-OH is 1. The van der Waals surface area contributed by atoms with E-state index in [4.69, 9.17) is 0 Å². The van der Waals surface area contributed by atoms with Gasteiger partial charge >= 0.3 is 0 Å². The molecule has 0 spiro atoms. The third kappa shape index (κ3) is 3.75. The molecule has 0 saturated carbocycles. The number of aryl methyl sites for hydroxylation is 1. The summed E-state index contributed by atoms with van der Waals surface area (Å²) < 4.78 is 0. The molecule has 2 aromatic heterocycles. The van der Waals surface area contributed by atoms with Gasteiger partial charge in [0.1, 0.15) is 5.82 Å². The Morgan fingerprint density at radius 3 is 2.65 bits per heavy atom. The lowest BCUT2D eigenvalue weighted by atomic mass is 9.99. The van der Waals surface area contributed by atoms with E-state index in [1.54, 1.807) is 6.33 Å². The predicted molar refractivity (Wildman–Crippen MR) is 101 cm³/mol. The molecule has 2 fully saturated rings. The summed E-state index contributed by atoms with van der Waals surface area (Å²) in [7, 11) is 0. The number of nitrogens with one attached hydrogen (secondary N) is 1. The van der Waals surface area contributed by atoms with Gasteiger partial charge in [0.25, 0.3) is 0 Å². The first-order chi connectivity index (χ1) is 12.7. The highest BCUT2D eigenvalue weighted by atomic mass is 16.3. The number of hydrogen-bond acceptors (Lipinski definition) is 6. The molecule has 0 amide bonds. The molecule has 4 rings (SSSR count). The van der Waals surface area contributed by atoms with Gasteiger partial charge in [-0.1, -0.05) is 6.07 Å². The average Bonchev–Trinajstić information content (AvgIpc) is 3.07. The van der Waals surface area contributed by atoms with E-state index in [2.05, 4.69) is 35.7 Å². The van der Waals surface area contributed by atoms with Crippen molar-refractivity contribution in [2.45, 2.75) is 32.0 Å². The molecule has 2 atom stereocenters. The van der Waals surface area contributed by atoms with Crippen LogP contribution in [-0.2, 0) is 6.54 Å². The minimum atomic E-state index is -0.301. The van der Waals surface area contributed by atoms with E-state index < -0.39 is 0 Å². The van der Waals surface area contributed by atoms with Crippen LogP contribution in [0.25, 0.3) is 0 Å². The van der Waals surface area contributed by atoms with Gasteiger partial charge in [-0.3, -0.25) is 9.80 Å². The van der Waals surface area contributed by atoms with E-state index in [-0.39, 0.29) is 12.1 Å². The Balaban J connectivity index is 1.29. The van der Waals surface area contributed by atoms with Gasteiger partial charge in [0, 0.05) is 63.7 Å². The van der Waals surface area contributed by atoms with Crippen LogP contribution in [0.3, 0.4) is 0 Å². The number of piperazine rings is 1. The molecule has 2 aliphatic heterocycles. The quantitative estimate of drug-likeness (QED) is 0.847. The van der Waals surface area contributed by atoms with Gasteiger partial charge in [-0.25, -0.2) is 9.97 Å². The van der Waals surface area contributed by atoms with Crippen LogP contribution < -0.4 is 4.90 Å². The smallest absolute Gasteiger partial charge is 0.128 e. The Bertz CT molecular complexity index is 697. The predicted octanol–water partition coefficient (Wildman–Crippen LogP) is 0.871. The number of piperidine rings is 1. The van der Waals surface area contributed by atoms with Crippen molar-refractivity contribution in [2.24, 2.45) is 0 Å². The van der Waals surface area contributed by atoms with Crippen LogP contribution in [0.5, 0.6) is 0 Å². The fraction of sp³-hybridized carbons (Fsp3) is 0.579. The summed E-state index contributed by atoms with van der Waals surface area (Å²) in [6, 6.07) is 6.32. The molecule has 0 bridgehead atoms. The summed E-state index contributed by atoms with van der Waals surface area (Å²) in [6.45, 7) is 8.49. The van der Waals surface area contributed by atoms with Crippen molar-refractivity contribution >= 4 is 5.82 Å². The number of aliphatic hydroxyl groups is 1. The number of likely N-dealkylation sites (tertiary alicyclic amines) is 1. The largest absolute Gasteiger partial charge is 0.390 e. The molecule has 140 valence electrons. The van der Waals surface area contributed by atoms with Crippen molar-refractivity contribution in [1.29, 1.82) is 0 Å². The van der Waals surface area contributed by atoms with E-state index in [0.717, 1.165) is 69.4 Å². The second kappa shape index (κ2) is 7.73. The summed E-state index contributed by atoms with van der Waals surface area (Å²) in [4.78, 5) is 19.1. The molecule has 2 N–H and O–H groups in total. The highest BCUT2D eigenvalue weighted by Crippen LogP contribution is 2.22. The first kappa shape index (κ1) is 17.5. The van der Waals surface area contributed by atoms with Crippen molar-refractivity contribution in [2.75, 3.05) is 44.2 Å². The van der Waals surface area contributed by atoms with E-state index in [1.807, 2.05) is 25.3 Å². The number of β-amino-alcohol motifs (C(OH)–C–C–N with tert-alkyl or cyclic N) is 1. The molecule has 4 heterocycles. The minimum Gasteiger partial charge on any atom is -0.390 e. The molecule has 0 aliphatic carbocycles. The van der Waals surface area contributed by atoms with Gasteiger partial charge in [0.05, 0.1) is 18.1 Å². The Hall–Kier alpha value is -1.96. The minimum absolute atomic E-state index is 0.261. The van der Waals surface area contributed by atoms with Gasteiger partial charge in [-0.15, -0.1) is 0 Å². The van der Waals surface area contributed by atoms with Crippen molar-refractivity contribution in [3.05, 3.63) is 42.1 Å². The molecule has 7 nitrogen and oxygen atoms in total. The maximum atomic E-state index is 10.7. The lowest BCUT2D eigenvalue weighted by molar-refractivity contribution is -0.0175. The van der Waals surface area contributed by atoms with Crippen LogP contribution in [0, 0.1) is 6.92 Å². The third-order valence-electron chi connectivity index (χ3n) is 5.69. The second-order valence-electron chi connectivity index (χ2n) is 7.34. The Kier molecular flexibility index (Phi) is 5.19. The van der Waals surface area contributed by atoms with Crippen LogP contribution >= 0.6 is 0 Å². The zero-order valence-corrected chi connectivity index (χ0v) is 15.4. The summed E-state index contributed by atoms with van der Waals surface area (Å²) in [5, 5.41) is 10.7. The van der Waals surface area contributed by atoms with Crippen LogP contribution in [0.1, 0.15) is 17.8 Å². The second-order valence-corrected chi connectivity index (χ2v) is 7.34. The number of anilines is 1. The van der Waals surface area contributed by atoms with Crippen LogP contribution in [-0.4, -0.2) is 81.3 Å². The van der Waals surface area contributed by atoms with Crippen molar-refractivity contribution in [3.63, 3.8) is 0 Å². The van der Waals surface area contributed by atoms with E-state index >= 15 is 0 Å². The summed E-state index contributed by atoms with van der Waals surface area (Å²) in [5.74, 6) is 1.05. The van der Waals surface area contributed by atoms with Gasteiger partial charge in [0.15, 0.2) is 0 Å². The Morgan fingerprint density at radius 1 is 1.15 bits per heavy atom. The number of imidazole rings is 1. The normalized spacial score (nSPS) is 25.5. The monoisotopic (exact) mass is 356 g/mol. The lowest BCUT2D eigenvalue weighted by Crippen LogP contribution is -2.58. The molecule has 7 heteroatoms. The van der Waals surface area contributed by atoms with E-state index in [1.165, 1.54) is 0 Å². The number of nitrogens with zero attached hydrogens (tertiary/aromatic N) is 5. The Labute approximate surface area is 154 Å². The molecule has 2 aromatic rings. The maximum Gasteiger partial charge on any atom is 0.128 e. The molecule has 0 aromatic carbocycles. The van der Waals surface area contributed by atoms with Crippen molar-refractivity contribution in [3.8, 4) is 0 Å². The fourth-order valence-electron chi connectivity index (χ4n) is 4.14.